The van der Waals surface area contributed by atoms with Crippen LogP contribution in [-0.4, -0.2) is 6.26 Å². The van der Waals surface area contributed by atoms with Crippen molar-refractivity contribution < 1.29 is 0 Å². The zero-order chi connectivity index (χ0) is 6.69. The summed E-state index contributed by atoms with van der Waals surface area (Å²) < 4.78 is 0. The normalized spacial score (nSPS) is 8.50. The lowest BCUT2D eigenvalue weighted by Crippen LogP contribution is -1.81. The summed E-state index contributed by atoms with van der Waals surface area (Å²) in [6, 6.07) is 7.84. The maximum Gasteiger partial charge on any atom is 0.0314 e. The number of hydrogen-bond acceptors (Lipinski definition) is 2. The van der Waals surface area contributed by atoms with Gasteiger partial charge in [0.05, 0.1) is 0 Å². The van der Waals surface area contributed by atoms with Crippen LogP contribution in [0.4, 0.5) is 5.69 Å². The monoisotopic (exact) mass is 175 g/mol. The van der Waals surface area contributed by atoms with E-state index in [-0.39, 0.29) is 12.4 Å². The molecule has 0 amide bonds. The molecule has 0 fully saturated rings. The number of nitrogens with two attached hydrogens (primary N) is 1. The molecule has 0 spiro atoms. The lowest BCUT2D eigenvalue weighted by molar-refractivity contribution is 1.47. The first-order chi connectivity index (χ1) is 4.33. The molecule has 0 aliphatic rings. The Kier molecular flexibility index (Phi) is 4.32. The molecule has 3 heteroatoms. The number of halogens is 1. The highest BCUT2D eigenvalue weighted by molar-refractivity contribution is 7.98. The molecular formula is C7H10ClNS. The van der Waals surface area contributed by atoms with Gasteiger partial charge in [-0.05, 0) is 30.5 Å². The lowest BCUT2D eigenvalue weighted by atomic mass is 10.3. The fourth-order valence-corrected chi connectivity index (χ4v) is 1.01. The minimum absolute atomic E-state index is 0. The van der Waals surface area contributed by atoms with Crippen LogP contribution in [0.2, 0.25) is 0 Å². The Labute approximate surface area is 71.4 Å². The van der Waals surface area contributed by atoms with E-state index in [4.69, 9.17) is 5.73 Å². The van der Waals surface area contributed by atoms with E-state index in [1.807, 2.05) is 30.5 Å². The van der Waals surface area contributed by atoms with Crippen molar-refractivity contribution in [1.29, 1.82) is 0 Å². The molecule has 0 saturated heterocycles. The Morgan fingerprint density at radius 3 is 2.10 bits per heavy atom. The van der Waals surface area contributed by atoms with Crippen LogP contribution in [0.1, 0.15) is 0 Å². The second-order valence-electron chi connectivity index (χ2n) is 1.77. The van der Waals surface area contributed by atoms with Crippen molar-refractivity contribution in [2.45, 2.75) is 4.90 Å². The van der Waals surface area contributed by atoms with Gasteiger partial charge in [-0.3, -0.25) is 0 Å². The van der Waals surface area contributed by atoms with Crippen LogP contribution >= 0.6 is 24.2 Å². The highest BCUT2D eigenvalue weighted by atomic mass is 35.5. The largest absolute Gasteiger partial charge is 0.399 e. The van der Waals surface area contributed by atoms with Gasteiger partial charge in [-0.2, -0.15) is 0 Å². The van der Waals surface area contributed by atoms with E-state index in [9.17, 15) is 0 Å². The highest BCUT2D eigenvalue weighted by Crippen LogP contribution is 2.14. The average Bonchev–Trinajstić information content (AvgIpc) is 1.90. The van der Waals surface area contributed by atoms with Gasteiger partial charge in [-0.1, -0.05) is 0 Å². The Morgan fingerprint density at radius 2 is 1.70 bits per heavy atom. The SMILES string of the molecule is CSc1ccc(N)cc1.Cl. The van der Waals surface area contributed by atoms with Crippen LogP contribution in [0.3, 0.4) is 0 Å². The Balaban J connectivity index is 0.000000810. The summed E-state index contributed by atoms with van der Waals surface area (Å²) in [5, 5.41) is 0. The van der Waals surface area contributed by atoms with Gasteiger partial charge >= 0.3 is 0 Å². The summed E-state index contributed by atoms with van der Waals surface area (Å²) in [6.07, 6.45) is 2.05. The third-order valence-corrected chi connectivity index (χ3v) is 1.86. The maximum atomic E-state index is 5.47. The Morgan fingerprint density at radius 1 is 1.20 bits per heavy atom. The standard InChI is InChI=1S/C7H9NS.ClH/c1-9-7-4-2-6(8)3-5-7;/h2-5H,8H2,1H3;1H. The summed E-state index contributed by atoms with van der Waals surface area (Å²) in [4.78, 5) is 1.25. The van der Waals surface area contributed by atoms with Gasteiger partial charge in [0, 0.05) is 10.6 Å². The van der Waals surface area contributed by atoms with Crippen LogP contribution in [0.5, 0.6) is 0 Å². The molecule has 10 heavy (non-hydrogen) atoms. The van der Waals surface area contributed by atoms with Crippen molar-refractivity contribution in [2.75, 3.05) is 12.0 Å². The minimum Gasteiger partial charge on any atom is -0.399 e. The van der Waals surface area contributed by atoms with Crippen LogP contribution in [0, 0.1) is 0 Å². The summed E-state index contributed by atoms with van der Waals surface area (Å²) in [5.74, 6) is 0. The minimum atomic E-state index is 0. The van der Waals surface area contributed by atoms with Crippen molar-refractivity contribution >= 4 is 29.9 Å². The molecule has 1 nitrogen and oxygen atoms in total. The number of nitrogen functional groups attached to an aromatic ring is 1. The first kappa shape index (κ1) is 9.66. The zero-order valence-electron chi connectivity index (χ0n) is 5.70. The van der Waals surface area contributed by atoms with E-state index in [2.05, 4.69) is 0 Å². The van der Waals surface area contributed by atoms with Gasteiger partial charge in [0.15, 0.2) is 0 Å². The van der Waals surface area contributed by atoms with Crippen LogP contribution in [0.25, 0.3) is 0 Å². The van der Waals surface area contributed by atoms with Crippen molar-refractivity contribution in [3.63, 3.8) is 0 Å². The average molecular weight is 176 g/mol. The summed E-state index contributed by atoms with van der Waals surface area (Å²) >= 11 is 1.72. The second kappa shape index (κ2) is 4.47. The maximum absolute atomic E-state index is 5.47. The highest BCUT2D eigenvalue weighted by Gasteiger charge is 1.85. The van der Waals surface area contributed by atoms with Crippen LogP contribution in [0.15, 0.2) is 29.2 Å². The smallest absolute Gasteiger partial charge is 0.0314 e. The first-order valence-electron chi connectivity index (χ1n) is 2.72. The zero-order valence-corrected chi connectivity index (χ0v) is 7.34. The summed E-state index contributed by atoms with van der Waals surface area (Å²) in [6.45, 7) is 0. The van der Waals surface area contributed by atoms with E-state index in [1.165, 1.54) is 4.90 Å². The van der Waals surface area contributed by atoms with E-state index in [1.54, 1.807) is 11.8 Å². The third kappa shape index (κ3) is 2.50. The van der Waals surface area contributed by atoms with E-state index in [0.29, 0.717) is 0 Å². The number of rotatable bonds is 1. The van der Waals surface area contributed by atoms with Crippen molar-refractivity contribution in [3.8, 4) is 0 Å². The lowest BCUT2D eigenvalue weighted by Gasteiger charge is -1.94. The van der Waals surface area contributed by atoms with Gasteiger partial charge in [0.1, 0.15) is 0 Å². The van der Waals surface area contributed by atoms with Crippen LogP contribution in [-0.2, 0) is 0 Å². The van der Waals surface area contributed by atoms with Crippen LogP contribution < -0.4 is 5.73 Å². The molecule has 0 aliphatic heterocycles. The first-order valence-corrected chi connectivity index (χ1v) is 3.95. The molecule has 0 atom stereocenters. The molecule has 1 rings (SSSR count). The van der Waals surface area contributed by atoms with Gasteiger partial charge in [-0.15, -0.1) is 24.2 Å². The molecule has 0 aromatic heterocycles. The second-order valence-corrected chi connectivity index (χ2v) is 2.65. The predicted octanol–water partition coefficient (Wildman–Crippen LogP) is 2.41. The summed E-state index contributed by atoms with van der Waals surface area (Å²) in [5.41, 5.74) is 6.30. The van der Waals surface area contributed by atoms with Crippen molar-refractivity contribution in [3.05, 3.63) is 24.3 Å². The Bertz CT molecular complexity index is 185. The molecule has 0 unspecified atom stereocenters. The number of thioether (sulfide) groups is 1. The fourth-order valence-electron chi connectivity index (χ4n) is 0.604. The number of hydrogen-bond donors (Lipinski definition) is 1. The topological polar surface area (TPSA) is 26.0 Å². The van der Waals surface area contributed by atoms with Gasteiger partial charge < -0.3 is 5.73 Å². The predicted molar refractivity (Wildman–Crippen MR) is 49.9 cm³/mol. The number of anilines is 1. The van der Waals surface area contributed by atoms with E-state index >= 15 is 0 Å². The fraction of sp³-hybridized carbons (Fsp3) is 0.143. The Hall–Kier alpha value is -0.340. The molecule has 0 saturated carbocycles. The van der Waals surface area contributed by atoms with Crippen molar-refractivity contribution in [2.24, 2.45) is 0 Å². The van der Waals surface area contributed by atoms with Gasteiger partial charge in [-0.25, -0.2) is 0 Å². The molecule has 0 aliphatic carbocycles. The summed E-state index contributed by atoms with van der Waals surface area (Å²) in [7, 11) is 0. The molecule has 1 aromatic rings. The molecular weight excluding hydrogens is 166 g/mol. The molecule has 0 heterocycles. The van der Waals surface area contributed by atoms with Gasteiger partial charge in [0.2, 0.25) is 0 Å². The molecule has 0 bridgehead atoms. The van der Waals surface area contributed by atoms with E-state index < -0.39 is 0 Å². The molecule has 2 N–H and O–H groups in total. The number of benzene rings is 1. The van der Waals surface area contributed by atoms with Crippen molar-refractivity contribution in [1.82, 2.24) is 0 Å². The molecule has 56 valence electrons. The van der Waals surface area contributed by atoms with E-state index in [0.717, 1.165) is 5.69 Å². The molecule has 1 aromatic carbocycles. The third-order valence-electron chi connectivity index (χ3n) is 1.12. The molecule has 0 radical (unpaired) electrons. The van der Waals surface area contributed by atoms with Gasteiger partial charge in [0.25, 0.3) is 0 Å². The quantitative estimate of drug-likeness (QED) is 0.524.